The van der Waals surface area contributed by atoms with E-state index in [0.29, 0.717) is 23.6 Å². The molecule has 0 fully saturated rings. The minimum absolute atomic E-state index is 0.214. The molecule has 0 saturated heterocycles. The van der Waals surface area contributed by atoms with Crippen molar-refractivity contribution in [2.45, 2.75) is 34.1 Å². The molecule has 8 heteroatoms. The van der Waals surface area contributed by atoms with Gasteiger partial charge < -0.3 is 14.2 Å². The van der Waals surface area contributed by atoms with Crippen molar-refractivity contribution < 1.29 is 19.0 Å². The number of alkyl halides is 1. The molecule has 3 aromatic rings. The second kappa shape index (κ2) is 9.83. The lowest BCUT2D eigenvalue weighted by molar-refractivity contribution is -0.157. The van der Waals surface area contributed by atoms with Crippen LogP contribution in [0.4, 0.5) is 0 Å². The minimum Gasteiger partial charge on any atom is -0.491 e. The van der Waals surface area contributed by atoms with Crippen LogP contribution in [0.2, 0.25) is 0 Å². The van der Waals surface area contributed by atoms with E-state index in [1.54, 1.807) is 32.9 Å². The van der Waals surface area contributed by atoms with Gasteiger partial charge in [0.1, 0.15) is 36.4 Å². The van der Waals surface area contributed by atoms with E-state index in [9.17, 15) is 9.59 Å². The third-order valence-electron chi connectivity index (χ3n) is 4.40. The Morgan fingerprint density at radius 2 is 1.87 bits per heavy atom. The highest BCUT2D eigenvalue weighted by Crippen LogP contribution is 2.29. The molecule has 0 aliphatic heterocycles. The van der Waals surface area contributed by atoms with Crippen LogP contribution in [0, 0.1) is 5.41 Å². The van der Waals surface area contributed by atoms with Crippen LogP contribution in [0.15, 0.2) is 53.6 Å². The first-order valence-corrected chi connectivity index (χ1v) is 10.4. The number of hydrogen-bond acceptors (Lipinski definition) is 6. The highest BCUT2D eigenvalue weighted by molar-refractivity contribution is 6.18. The summed E-state index contributed by atoms with van der Waals surface area (Å²) in [6.45, 7) is 5.57. The number of carbonyl (C=O) groups excluding carboxylic acids is 1. The second-order valence-electron chi connectivity index (χ2n) is 7.96. The topological polar surface area (TPSA) is 79.7 Å². The lowest BCUT2D eigenvalue weighted by atomic mass is 9.98. The average Bonchev–Trinajstić information content (AvgIpc) is 2.75. The number of hydrogen-bond donors (Lipinski definition) is 0. The number of fused-ring (bicyclic) bond motifs is 1. The molecule has 31 heavy (non-hydrogen) atoms. The quantitative estimate of drug-likeness (QED) is 0.383. The summed E-state index contributed by atoms with van der Waals surface area (Å²) in [5.74, 6) is 0.677. The Hall–Kier alpha value is -3.06. The largest absolute Gasteiger partial charge is 0.491 e. The molecule has 0 saturated carbocycles. The Kier molecular flexibility index (Phi) is 7.17. The molecule has 1 heterocycles. The van der Waals surface area contributed by atoms with Crippen molar-refractivity contribution >= 4 is 28.5 Å². The molecule has 0 N–H and O–H groups in total. The van der Waals surface area contributed by atoms with Crippen LogP contribution in [0.25, 0.3) is 10.9 Å². The smallest absolute Gasteiger partial charge is 0.312 e. The molecule has 0 aliphatic rings. The first-order chi connectivity index (χ1) is 14.8. The summed E-state index contributed by atoms with van der Waals surface area (Å²) in [7, 11) is 0. The Bertz CT molecular complexity index is 1110. The molecule has 164 valence electrons. The van der Waals surface area contributed by atoms with Gasteiger partial charge in [-0.3, -0.25) is 14.2 Å². The molecule has 0 atom stereocenters. The number of carbonyl (C=O) groups is 1. The maximum atomic E-state index is 13.0. The summed E-state index contributed by atoms with van der Waals surface area (Å²) in [6, 6.07) is 13.1. The number of halogens is 1. The molecule has 1 aromatic heterocycles. The van der Waals surface area contributed by atoms with E-state index in [1.807, 2.05) is 30.3 Å². The molecule has 7 nitrogen and oxygen atoms in total. The van der Waals surface area contributed by atoms with Gasteiger partial charge in [-0.25, -0.2) is 4.98 Å². The molecule has 0 bridgehead atoms. The number of ether oxygens (including phenoxy) is 3. The van der Waals surface area contributed by atoms with Gasteiger partial charge >= 0.3 is 5.97 Å². The Labute approximate surface area is 185 Å². The highest BCUT2D eigenvalue weighted by Gasteiger charge is 2.23. The molecule has 0 aliphatic carbocycles. The van der Waals surface area contributed by atoms with Gasteiger partial charge in [0.25, 0.3) is 5.56 Å². The first-order valence-electron chi connectivity index (χ1n) is 9.85. The number of nitrogens with zero attached hydrogens (tertiary/aromatic N) is 2. The van der Waals surface area contributed by atoms with E-state index < -0.39 is 11.4 Å². The van der Waals surface area contributed by atoms with Crippen LogP contribution < -0.4 is 15.0 Å². The van der Waals surface area contributed by atoms with Crippen molar-refractivity contribution in [1.29, 1.82) is 0 Å². The van der Waals surface area contributed by atoms with E-state index in [2.05, 4.69) is 4.98 Å². The maximum absolute atomic E-state index is 13.0. The Morgan fingerprint density at radius 3 is 2.55 bits per heavy atom. The van der Waals surface area contributed by atoms with Crippen molar-refractivity contribution in [2.75, 3.05) is 12.5 Å². The van der Waals surface area contributed by atoms with Crippen molar-refractivity contribution in [2.24, 2.45) is 5.41 Å². The fraction of sp³-hybridized carbons (Fsp3) is 0.348. The Morgan fingerprint density at radius 1 is 1.13 bits per heavy atom. The van der Waals surface area contributed by atoms with Crippen molar-refractivity contribution in [3.63, 3.8) is 0 Å². The summed E-state index contributed by atoms with van der Waals surface area (Å²) in [4.78, 5) is 29.4. The van der Waals surface area contributed by atoms with Crippen LogP contribution in [0.1, 0.15) is 26.3 Å². The molecule has 0 amide bonds. The number of esters is 1. The van der Waals surface area contributed by atoms with Gasteiger partial charge in [0, 0.05) is 12.1 Å². The average molecular weight is 445 g/mol. The van der Waals surface area contributed by atoms with Gasteiger partial charge in [0.15, 0.2) is 6.73 Å². The molecule has 3 rings (SSSR count). The zero-order valence-corrected chi connectivity index (χ0v) is 18.5. The predicted molar refractivity (Wildman–Crippen MR) is 119 cm³/mol. The van der Waals surface area contributed by atoms with Crippen LogP contribution in [0.5, 0.6) is 11.5 Å². The first kappa shape index (κ1) is 22.6. The normalized spacial score (nSPS) is 11.4. The summed E-state index contributed by atoms with van der Waals surface area (Å²) >= 11 is 5.77. The Balaban J connectivity index is 1.91. The second-order valence-corrected chi connectivity index (χ2v) is 8.34. The standard InChI is InChI=1S/C23H25ClN2O5/c1-23(2,3)22(28)31-15-26-14-25-18-11-17(30-13-16-7-5-4-6-8-16)12-19(29-10-9-24)20(18)21(26)27/h4-8,11-12,14H,9-10,13,15H2,1-3H3. The molecular weight excluding hydrogens is 420 g/mol. The maximum Gasteiger partial charge on any atom is 0.312 e. The van der Waals surface area contributed by atoms with Gasteiger partial charge in [0.2, 0.25) is 0 Å². The number of benzene rings is 2. The van der Waals surface area contributed by atoms with E-state index in [-0.39, 0.29) is 30.2 Å². The monoisotopic (exact) mass is 444 g/mol. The third-order valence-corrected chi connectivity index (χ3v) is 4.55. The van der Waals surface area contributed by atoms with Gasteiger partial charge in [-0.05, 0) is 26.3 Å². The minimum atomic E-state index is -0.673. The molecule has 0 spiro atoms. The van der Waals surface area contributed by atoms with E-state index in [0.717, 1.165) is 5.56 Å². The van der Waals surface area contributed by atoms with Crippen molar-refractivity contribution in [3.05, 3.63) is 64.7 Å². The summed E-state index contributed by atoms with van der Waals surface area (Å²) in [6.07, 6.45) is 1.34. The molecule has 0 unspecified atom stereocenters. The molecule has 2 aromatic carbocycles. The third kappa shape index (κ3) is 5.76. The fourth-order valence-corrected chi connectivity index (χ4v) is 2.82. The van der Waals surface area contributed by atoms with Crippen LogP contribution in [-0.2, 0) is 22.9 Å². The summed E-state index contributed by atoms with van der Waals surface area (Å²) < 4.78 is 18.1. The van der Waals surface area contributed by atoms with Crippen LogP contribution in [-0.4, -0.2) is 28.0 Å². The van der Waals surface area contributed by atoms with Gasteiger partial charge in [-0.2, -0.15) is 0 Å². The van der Waals surface area contributed by atoms with E-state index in [1.165, 1.54) is 10.9 Å². The zero-order valence-electron chi connectivity index (χ0n) is 17.8. The number of rotatable bonds is 8. The van der Waals surface area contributed by atoms with Gasteiger partial charge in [-0.15, -0.1) is 11.6 Å². The molecular formula is C23H25ClN2O5. The van der Waals surface area contributed by atoms with Crippen LogP contribution >= 0.6 is 11.6 Å². The summed E-state index contributed by atoms with van der Waals surface area (Å²) in [5, 5.41) is 0.270. The van der Waals surface area contributed by atoms with Crippen molar-refractivity contribution in [1.82, 2.24) is 9.55 Å². The van der Waals surface area contributed by atoms with Crippen LogP contribution in [0.3, 0.4) is 0 Å². The van der Waals surface area contributed by atoms with E-state index >= 15 is 0 Å². The van der Waals surface area contributed by atoms with E-state index in [4.69, 9.17) is 25.8 Å². The summed E-state index contributed by atoms with van der Waals surface area (Å²) in [5.41, 5.74) is 0.368. The predicted octanol–water partition coefficient (Wildman–Crippen LogP) is 4.14. The zero-order chi connectivity index (χ0) is 22.4. The number of aromatic nitrogens is 2. The SMILES string of the molecule is CC(C)(C)C(=O)OCn1cnc2cc(OCc3ccccc3)cc(OCCCl)c2c1=O. The van der Waals surface area contributed by atoms with Crippen molar-refractivity contribution in [3.8, 4) is 11.5 Å². The van der Waals surface area contributed by atoms with Gasteiger partial charge in [-0.1, -0.05) is 30.3 Å². The molecule has 0 radical (unpaired) electrons. The van der Waals surface area contributed by atoms with Gasteiger partial charge in [0.05, 0.1) is 16.8 Å². The lowest BCUT2D eigenvalue weighted by Gasteiger charge is -2.17. The fourth-order valence-electron chi connectivity index (χ4n) is 2.74. The lowest BCUT2D eigenvalue weighted by Crippen LogP contribution is -2.28. The highest BCUT2D eigenvalue weighted by atomic mass is 35.5.